The Morgan fingerprint density at radius 2 is 1.94 bits per heavy atom. The molecule has 98 valence electrons. The first kappa shape index (κ1) is 13.4. The first-order valence-electron chi connectivity index (χ1n) is 7.22. The maximum Gasteiger partial charge on any atom is 0.0140 e. The van der Waals surface area contributed by atoms with E-state index < -0.39 is 0 Å². The van der Waals surface area contributed by atoms with E-state index in [0.717, 1.165) is 18.4 Å². The van der Waals surface area contributed by atoms with Crippen LogP contribution in [0.5, 0.6) is 0 Å². The quantitative estimate of drug-likeness (QED) is 0.839. The fourth-order valence-corrected chi connectivity index (χ4v) is 2.85. The molecule has 18 heavy (non-hydrogen) atoms. The summed E-state index contributed by atoms with van der Waals surface area (Å²) in [6.45, 7) is 5.76. The molecule has 1 saturated carbocycles. The van der Waals surface area contributed by atoms with Gasteiger partial charge in [-0.2, -0.15) is 0 Å². The summed E-state index contributed by atoms with van der Waals surface area (Å²) in [6, 6.07) is 11.2. The largest absolute Gasteiger partial charge is 0.310 e. The summed E-state index contributed by atoms with van der Waals surface area (Å²) in [5.74, 6) is 1.68. The molecule has 0 bridgehead atoms. The fraction of sp³-hybridized carbons (Fsp3) is 0.529. The normalized spacial score (nSPS) is 28.7. The van der Waals surface area contributed by atoms with E-state index in [-0.39, 0.29) is 0 Å². The minimum Gasteiger partial charge on any atom is -0.310 e. The predicted molar refractivity (Wildman–Crippen MR) is 79.4 cm³/mol. The van der Waals surface area contributed by atoms with Crippen LogP contribution in [0.1, 0.15) is 38.7 Å². The van der Waals surface area contributed by atoms with Gasteiger partial charge in [0.1, 0.15) is 0 Å². The summed E-state index contributed by atoms with van der Waals surface area (Å²) in [4.78, 5) is 0. The third-order valence-electron chi connectivity index (χ3n) is 4.31. The number of hydrogen-bond acceptors (Lipinski definition) is 1. The summed E-state index contributed by atoms with van der Waals surface area (Å²) < 4.78 is 0. The SMILES string of the molecule is C[C@@H]1[C@@H](C)CCC[C@H]1NC/C=C/c1ccccc1. The van der Waals surface area contributed by atoms with Crippen LogP contribution in [0.25, 0.3) is 6.08 Å². The zero-order valence-electron chi connectivity index (χ0n) is 11.6. The van der Waals surface area contributed by atoms with Crippen molar-refractivity contribution in [2.75, 3.05) is 6.54 Å². The molecule has 0 amide bonds. The van der Waals surface area contributed by atoms with Crippen LogP contribution >= 0.6 is 0 Å². The van der Waals surface area contributed by atoms with E-state index in [1.165, 1.54) is 24.8 Å². The van der Waals surface area contributed by atoms with E-state index in [2.05, 4.69) is 61.6 Å². The molecule has 1 N–H and O–H groups in total. The first-order chi connectivity index (χ1) is 8.77. The second-order valence-corrected chi connectivity index (χ2v) is 5.60. The third-order valence-corrected chi connectivity index (χ3v) is 4.31. The average molecular weight is 243 g/mol. The Morgan fingerprint density at radius 1 is 1.17 bits per heavy atom. The van der Waals surface area contributed by atoms with E-state index in [0.29, 0.717) is 6.04 Å². The number of benzene rings is 1. The molecule has 0 unspecified atom stereocenters. The number of hydrogen-bond donors (Lipinski definition) is 1. The summed E-state index contributed by atoms with van der Waals surface area (Å²) in [6.07, 6.45) is 8.56. The molecule has 1 aromatic carbocycles. The lowest BCUT2D eigenvalue weighted by molar-refractivity contribution is 0.211. The lowest BCUT2D eigenvalue weighted by Crippen LogP contribution is -2.40. The molecular weight excluding hydrogens is 218 g/mol. The Kier molecular flexibility index (Phi) is 5.00. The van der Waals surface area contributed by atoms with Crippen LogP contribution in [-0.4, -0.2) is 12.6 Å². The summed E-state index contributed by atoms with van der Waals surface area (Å²) in [5, 5.41) is 3.69. The molecule has 2 rings (SSSR count). The van der Waals surface area contributed by atoms with Crippen molar-refractivity contribution in [3.8, 4) is 0 Å². The summed E-state index contributed by atoms with van der Waals surface area (Å²) >= 11 is 0. The molecule has 0 spiro atoms. The van der Waals surface area contributed by atoms with E-state index in [9.17, 15) is 0 Å². The molecular formula is C17H25N. The highest BCUT2D eigenvalue weighted by Gasteiger charge is 2.25. The van der Waals surface area contributed by atoms with Gasteiger partial charge in [0.25, 0.3) is 0 Å². The van der Waals surface area contributed by atoms with Crippen LogP contribution in [0.3, 0.4) is 0 Å². The fourth-order valence-electron chi connectivity index (χ4n) is 2.85. The standard InChI is InChI=1S/C17H25N/c1-14-8-6-12-17(15(14)2)18-13-7-11-16-9-4-3-5-10-16/h3-5,7,9-11,14-15,17-18H,6,8,12-13H2,1-2H3/b11-7+/t14-,15+,17+/m0/s1. The van der Waals surface area contributed by atoms with Crippen molar-refractivity contribution in [2.24, 2.45) is 11.8 Å². The molecule has 3 atom stereocenters. The number of nitrogens with one attached hydrogen (secondary N) is 1. The minimum atomic E-state index is 0.703. The smallest absolute Gasteiger partial charge is 0.0140 e. The highest BCUT2D eigenvalue weighted by molar-refractivity contribution is 5.48. The van der Waals surface area contributed by atoms with Crippen LogP contribution in [0.2, 0.25) is 0 Å². The summed E-state index contributed by atoms with van der Waals surface area (Å²) in [5.41, 5.74) is 1.28. The van der Waals surface area contributed by atoms with Gasteiger partial charge in [-0.3, -0.25) is 0 Å². The Labute approximate surface area is 111 Å². The molecule has 0 saturated heterocycles. The van der Waals surface area contributed by atoms with Crippen molar-refractivity contribution in [1.82, 2.24) is 5.32 Å². The Morgan fingerprint density at radius 3 is 2.72 bits per heavy atom. The molecule has 1 aliphatic rings. The molecule has 1 fully saturated rings. The molecule has 0 radical (unpaired) electrons. The lowest BCUT2D eigenvalue weighted by Gasteiger charge is -2.34. The van der Waals surface area contributed by atoms with Gasteiger partial charge in [0, 0.05) is 12.6 Å². The molecule has 0 aliphatic heterocycles. The van der Waals surface area contributed by atoms with Crippen LogP contribution in [-0.2, 0) is 0 Å². The molecule has 0 aromatic heterocycles. The van der Waals surface area contributed by atoms with Crippen LogP contribution in [0, 0.1) is 11.8 Å². The monoisotopic (exact) mass is 243 g/mol. The van der Waals surface area contributed by atoms with Gasteiger partial charge in [0.05, 0.1) is 0 Å². The van der Waals surface area contributed by atoms with Gasteiger partial charge in [0.2, 0.25) is 0 Å². The molecule has 1 aromatic rings. The van der Waals surface area contributed by atoms with Crippen molar-refractivity contribution in [1.29, 1.82) is 0 Å². The molecule has 1 heteroatoms. The Bertz CT molecular complexity index is 368. The van der Waals surface area contributed by atoms with Crippen molar-refractivity contribution >= 4 is 6.08 Å². The van der Waals surface area contributed by atoms with Gasteiger partial charge < -0.3 is 5.32 Å². The zero-order valence-corrected chi connectivity index (χ0v) is 11.6. The topological polar surface area (TPSA) is 12.0 Å². The van der Waals surface area contributed by atoms with Crippen molar-refractivity contribution in [3.05, 3.63) is 42.0 Å². The van der Waals surface area contributed by atoms with Gasteiger partial charge >= 0.3 is 0 Å². The minimum absolute atomic E-state index is 0.703. The van der Waals surface area contributed by atoms with E-state index in [1.54, 1.807) is 0 Å². The van der Waals surface area contributed by atoms with Gasteiger partial charge in [-0.15, -0.1) is 0 Å². The van der Waals surface area contributed by atoms with Gasteiger partial charge in [-0.25, -0.2) is 0 Å². The Hall–Kier alpha value is -1.08. The maximum atomic E-state index is 3.69. The highest BCUT2D eigenvalue weighted by atomic mass is 14.9. The highest BCUT2D eigenvalue weighted by Crippen LogP contribution is 2.29. The van der Waals surface area contributed by atoms with Gasteiger partial charge in [0.15, 0.2) is 0 Å². The molecule has 1 nitrogen and oxygen atoms in total. The third kappa shape index (κ3) is 3.71. The molecule has 0 heterocycles. The second kappa shape index (κ2) is 6.75. The van der Waals surface area contributed by atoms with Crippen molar-refractivity contribution in [3.63, 3.8) is 0 Å². The Balaban J connectivity index is 1.76. The van der Waals surface area contributed by atoms with Crippen LogP contribution < -0.4 is 5.32 Å². The molecule has 1 aliphatic carbocycles. The van der Waals surface area contributed by atoms with E-state index in [4.69, 9.17) is 0 Å². The van der Waals surface area contributed by atoms with E-state index >= 15 is 0 Å². The van der Waals surface area contributed by atoms with E-state index in [1.807, 2.05) is 0 Å². The summed E-state index contributed by atoms with van der Waals surface area (Å²) in [7, 11) is 0. The predicted octanol–water partition coefficient (Wildman–Crippen LogP) is 4.11. The lowest BCUT2D eigenvalue weighted by atomic mass is 9.78. The van der Waals surface area contributed by atoms with Crippen molar-refractivity contribution in [2.45, 2.75) is 39.2 Å². The first-order valence-corrected chi connectivity index (χ1v) is 7.22. The van der Waals surface area contributed by atoms with Crippen LogP contribution in [0.15, 0.2) is 36.4 Å². The zero-order chi connectivity index (χ0) is 12.8. The second-order valence-electron chi connectivity index (χ2n) is 5.60. The maximum absolute atomic E-state index is 3.69. The van der Waals surface area contributed by atoms with Gasteiger partial charge in [-0.1, -0.05) is 69.2 Å². The number of rotatable bonds is 4. The van der Waals surface area contributed by atoms with Crippen LogP contribution in [0.4, 0.5) is 0 Å². The van der Waals surface area contributed by atoms with Gasteiger partial charge in [-0.05, 0) is 23.8 Å². The average Bonchev–Trinajstić information content (AvgIpc) is 2.40. The van der Waals surface area contributed by atoms with Crippen molar-refractivity contribution < 1.29 is 0 Å².